The summed E-state index contributed by atoms with van der Waals surface area (Å²) < 4.78 is 58.8. The minimum absolute atomic E-state index is 0.00707. The smallest absolute Gasteiger partial charge is 0.307 e. The molecule has 2 aromatic rings. The summed E-state index contributed by atoms with van der Waals surface area (Å²) in [5.74, 6) is -2.83. The molecule has 7 atom stereocenters. The van der Waals surface area contributed by atoms with Gasteiger partial charge in [0.15, 0.2) is 5.78 Å². The highest BCUT2D eigenvalue weighted by Crippen LogP contribution is 2.58. The zero-order valence-corrected chi connectivity index (χ0v) is 34.2. The Labute approximate surface area is 329 Å². The molecule has 14 heteroatoms. The fourth-order valence-electron chi connectivity index (χ4n) is 8.41. The number of hydrogen-bond acceptors (Lipinski definition) is 10. The second kappa shape index (κ2) is 16.1. The second-order valence-electron chi connectivity index (χ2n) is 17.5. The van der Waals surface area contributed by atoms with Crippen LogP contribution >= 0.6 is 0 Å². The van der Waals surface area contributed by atoms with Crippen molar-refractivity contribution < 1.29 is 46.2 Å². The Kier molecular flexibility index (Phi) is 11.9. The number of Topliss-reactive ketones (excluding diaryl/α,β-unsaturated/α-hetero) is 1. The lowest BCUT2D eigenvalue weighted by molar-refractivity contribution is -0.160. The first kappa shape index (κ1) is 41.6. The lowest BCUT2D eigenvalue weighted by Gasteiger charge is -2.32. The molecule has 12 nitrogen and oxygen atoms in total. The van der Waals surface area contributed by atoms with Crippen LogP contribution in [0.1, 0.15) is 99.3 Å². The number of sulfonamides is 1. The van der Waals surface area contributed by atoms with E-state index in [9.17, 15) is 32.0 Å². The molecular formula is C42H56FN3O9S. The number of nitrogens with one attached hydrogen (secondary N) is 1. The molecule has 1 aromatic heterocycles. The predicted octanol–water partition coefficient (Wildman–Crippen LogP) is 6.26. The third-order valence-corrected chi connectivity index (χ3v) is 14.0. The maximum absolute atomic E-state index is 14.9. The summed E-state index contributed by atoms with van der Waals surface area (Å²) in [6.07, 6.45) is 5.25. The summed E-state index contributed by atoms with van der Waals surface area (Å²) in [4.78, 5) is 63.0. The number of fused-ring (bicyclic) bond motifs is 3. The Balaban J connectivity index is 1.36. The maximum atomic E-state index is 14.9. The molecule has 1 saturated heterocycles. The normalized spacial score (nSPS) is 29.9. The number of carbonyl (C=O) groups excluding carboxylic acids is 4. The van der Waals surface area contributed by atoms with Crippen molar-refractivity contribution in [1.82, 2.24) is 14.6 Å². The maximum Gasteiger partial charge on any atom is 0.307 e. The molecule has 0 radical (unpaired) electrons. The van der Waals surface area contributed by atoms with Crippen molar-refractivity contribution in [3.63, 3.8) is 0 Å². The minimum atomic E-state index is -4.34. The van der Waals surface area contributed by atoms with Gasteiger partial charge in [-0.1, -0.05) is 44.2 Å². The van der Waals surface area contributed by atoms with Gasteiger partial charge in [0, 0.05) is 24.3 Å². The Hall–Kier alpha value is -4.07. The van der Waals surface area contributed by atoms with Crippen molar-refractivity contribution in [2.24, 2.45) is 29.1 Å². The van der Waals surface area contributed by atoms with Crippen LogP contribution in [0.4, 0.5) is 4.39 Å². The van der Waals surface area contributed by atoms with Crippen LogP contribution in [0.25, 0.3) is 10.8 Å². The quantitative estimate of drug-likeness (QED) is 0.215. The average molecular weight is 798 g/mol. The highest BCUT2D eigenvalue weighted by molar-refractivity contribution is 7.91. The summed E-state index contributed by atoms with van der Waals surface area (Å²) in [7, 11) is -4.34. The number of aromatic nitrogens is 1. The lowest BCUT2D eigenvalue weighted by Crippen LogP contribution is -2.48. The Morgan fingerprint density at radius 2 is 1.84 bits per heavy atom. The highest BCUT2D eigenvalue weighted by atomic mass is 32.2. The van der Waals surface area contributed by atoms with Crippen molar-refractivity contribution in [3.8, 4) is 11.8 Å². The summed E-state index contributed by atoms with van der Waals surface area (Å²) >= 11 is 0. The van der Waals surface area contributed by atoms with Crippen LogP contribution in [0, 0.1) is 29.1 Å². The first-order valence-electron chi connectivity index (χ1n) is 19.9. The number of allylic oxidation sites excluding steroid dienone is 2. The largest absolute Gasteiger partial charge is 0.478 e. The molecule has 56 heavy (non-hydrogen) atoms. The van der Waals surface area contributed by atoms with Crippen LogP contribution in [0.15, 0.2) is 42.5 Å². The van der Waals surface area contributed by atoms with Gasteiger partial charge >= 0.3 is 5.97 Å². The standard InChI is InChI=1S/C42H56FN3O9S/c1-7-53-35-19-28-13-9-11-15-31(28)37(44-35)54-30-20-33-34(47)23-42(39(50)45-56(51,52)41(25-43)16-17-41)22-29(42)14-10-8-12-26(2)18-27(3)32(38(49)46(33)24-30)21-36(48)55-40(4,5)6/h9-11,13-15,19,26-27,29-30,32-33H,7-8,12,16-18,20-25H2,1-6H3,(H,45,50)/b14-10-/t26-,27+,29+,30+,32-,33-,42+/m0/s1. The van der Waals surface area contributed by atoms with Crippen LogP contribution in [-0.4, -0.2) is 84.2 Å². The van der Waals surface area contributed by atoms with Crippen LogP contribution in [0.2, 0.25) is 0 Å². The molecule has 0 spiro atoms. The molecule has 3 fully saturated rings. The molecule has 6 rings (SSSR count). The number of nitrogens with zero attached hydrogens (tertiary/aromatic N) is 2. The first-order valence-corrected chi connectivity index (χ1v) is 21.4. The summed E-state index contributed by atoms with van der Waals surface area (Å²) in [5, 5.41) is 1.55. The van der Waals surface area contributed by atoms with Gasteiger partial charge in [0.25, 0.3) is 0 Å². The molecule has 4 aliphatic rings. The van der Waals surface area contributed by atoms with Gasteiger partial charge in [-0.2, -0.15) is 4.98 Å². The van der Waals surface area contributed by atoms with E-state index in [-0.39, 0.29) is 68.7 Å². The van der Waals surface area contributed by atoms with Crippen molar-refractivity contribution >= 4 is 44.4 Å². The molecule has 0 bridgehead atoms. The number of rotatable bonds is 10. The first-order chi connectivity index (χ1) is 26.4. The van der Waals surface area contributed by atoms with Gasteiger partial charge in [-0.05, 0) is 95.4 Å². The third kappa shape index (κ3) is 8.89. The van der Waals surface area contributed by atoms with Gasteiger partial charge in [-0.25, -0.2) is 12.8 Å². The second-order valence-corrected chi connectivity index (χ2v) is 19.6. The van der Waals surface area contributed by atoms with Gasteiger partial charge in [0.1, 0.15) is 23.1 Å². The number of hydrogen-bond donors (Lipinski definition) is 1. The van der Waals surface area contributed by atoms with Crippen LogP contribution in [0.3, 0.4) is 0 Å². The molecule has 3 heterocycles. The number of alkyl halides is 1. The Morgan fingerprint density at radius 1 is 1.11 bits per heavy atom. The van der Waals surface area contributed by atoms with Crippen molar-refractivity contribution in [2.75, 3.05) is 19.8 Å². The minimum Gasteiger partial charge on any atom is -0.478 e. The van der Waals surface area contributed by atoms with Gasteiger partial charge in [-0.15, -0.1) is 0 Å². The van der Waals surface area contributed by atoms with Gasteiger partial charge < -0.3 is 19.1 Å². The number of halogens is 1. The van der Waals surface area contributed by atoms with E-state index >= 15 is 0 Å². The van der Waals surface area contributed by atoms with E-state index in [4.69, 9.17) is 14.2 Å². The van der Waals surface area contributed by atoms with Crippen LogP contribution in [-0.2, 0) is 33.9 Å². The average Bonchev–Trinajstić information content (AvgIpc) is 4.03. The monoisotopic (exact) mass is 797 g/mol. The fraction of sp³-hybridized carbons (Fsp3) is 0.643. The van der Waals surface area contributed by atoms with Gasteiger partial charge in [-0.3, -0.25) is 23.9 Å². The molecule has 306 valence electrons. The number of carbonyl (C=O) groups is 4. The van der Waals surface area contributed by atoms with E-state index in [1.807, 2.05) is 56.3 Å². The van der Waals surface area contributed by atoms with E-state index in [1.54, 1.807) is 20.8 Å². The van der Waals surface area contributed by atoms with E-state index in [0.717, 1.165) is 17.2 Å². The van der Waals surface area contributed by atoms with Crippen molar-refractivity contribution in [3.05, 3.63) is 42.5 Å². The molecule has 2 aliphatic heterocycles. The highest BCUT2D eigenvalue weighted by Gasteiger charge is 2.63. The molecule has 0 unspecified atom stereocenters. The molecule has 2 aliphatic carbocycles. The SMILES string of the molecule is CCOc1cc2ccccc2c(O[C@@H]2C[C@H]3C(=O)C[C@]4(C(=O)NS(=O)(=O)C5(CF)CC5)C[C@H]4/C=C\CC[C@H](C)C[C@@H](C)[C@H](CC(=O)OC(C)(C)C)C(=O)N3C2)n1. The van der Waals surface area contributed by atoms with Crippen molar-refractivity contribution in [1.29, 1.82) is 0 Å². The molecule has 1 aromatic carbocycles. The molecule has 2 saturated carbocycles. The van der Waals surface area contributed by atoms with Crippen LogP contribution in [0.5, 0.6) is 11.8 Å². The van der Waals surface area contributed by atoms with Crippen molar-refractivity contribution in [2.45, 2.75) is 122 Å². The number of esters is 1. The predicted molar refractivity (Wildman–Crippen MR) is 208 cm³/mol. The molecular weight excluding hydrogens is 742 g/mol. The van der Waals surface area contributed by atoms with Gasteiger partial charge in [0.05, 0.1) is 36.9 Å². The number of ketones is 1. The Bertz CT molecular complexity index is 1980. The number of pyridine rings is 1. The van der Waals surface area contributed by atoms with E-state index in [1.165, 1.54) is 4.90 Å². The fourth-order valence-corrected chi connectivity index (χ4v) is 9.86. The number of benzene rings is 1. The Morgan fingerprint density at radius 3 is 2.52 bits per heavy atom. The van der Waals surface area contributed by atoms with Gasteiger partial charge in [0.2, 0.25) is 33.6 Å². The van der Waals surface area contributed by atoms with E-state index in [0.29, 0.717) is 25.3 Å². The zero-order chi connectivity index (χ0) is 40.6. The zero-order valence-electron chi connectivity index (χ0n) is 33.3. The summed E-state index contributed by atoms with van der Waals surface area (Å²) in [5.41, 5.74) is -2.16. The number of amides is 2. The molecule has 1 N–H and O–H groups in total. The molecule has 2 amide bonds. The van der Waals surface area contributed by atoms with E-state index < -0.39 is 74.1 Å². The lowest BCUT2D eigenvalue weighted by atomic mass is 9.82. The third-order valence-electron chi connectivity index (χ3n) is 11.9. The summed E-state index contributed by atoms with van der Waals surface area (Å²) in [6, 6.07) is 8.28. The van der Waals surface area contributed by atoms with Crippen LogP contribution < -0.4 is 14.2 Å². The summed E-state index contributed by atoms with van der Waals surface area (Å²) in [6.45, 7) is 10.5. The number of ether oxygens (including phenoxy) is 3. The topological polar surface area (TPSA) is 158 Å². The van der Waals surface area contributed by atoms with E-state index in [2.05, 4.69) is 16.6 Å².